The van der Waals surface area contributed by atoms with Gasteiger partial charge in [0.15, 0.2) is 0 Å². The van der Waals surface area contributed by atoms with Crippen molar-refractivity contribution >= 4 is 23.3 Å². The van der Waals surface area contributed by atoms with E-state index in [1.807, 2.05) is 0 Å². The molecule has 2 N–H and O–H groups in total. The zero-order valence-electron chi connectivity index (χ0n) is 17.0. The molecule has 0 aliphatic carbocycles. The van der Waals surface area contributed by atoms with Crippen LogP contribution in [0, 0.1) is 5.82 Å². The Balaban J connectivity index is 1.58. The first-order valence-electron chi connectivity index (χ1n) is 9.93. The van der Waals surface area contributed by atoms with E-state index in [4.69, 9.17) is 4.74 Å². The highest BCUT2D eigenvalue weighted by molar-refractivity contribution is 5.99. The number of carbonyl (C=O) groups excluding carboxylic acids is 1. The van der Waals surface area contributed by atoms with E-state index in [1.54, 1.807) is 6.07 Å². The molecule has 1 fully saturated rings. The van der Waals surface area contributed by atoms with Gasteiger partial charge >= 0.3 is 12.1 Å². The predicted octanol–water partition coefficient (Wildman–Crippen LogP) is 4.19. The largest absolute Gasteiger partial charge is 0.480 e. The average molecular weight is 462 g/mol. The van der Waals surface area contributed by atoms with Crippen LogP contribution in [0.4, 0.5) is 23.2 Å². The number of hydrogen-bond donors (Lipinski definition) is 2. The van der Waals surface area contributed by atoms with Crippen molar-refractivity contribution in [2.45, 2.75) is 30.0 Å². The Morgan fingerprint density at radius 3 is 2.48 bits per heavy atom. The summed E-state index contributed by atoms with van der Waals surface area (Å²) in [5.74, 6) is -2.80. The van der Waals surface area contributed by atoms with Crippen LogP contribution in [0.15, 0.2) is 65.8 Å². The highest BCUT2D eigenvalue weighted by Crippen LogP contribution is 2.40. The molecule has 4 rings (SSSR count). The maximum absolute atomic E-state index is 13.2. The van der Waals surface area contributed by atoms with Crippen LogP contribution in [0.25, 0.3) is 0 Å². The zero-order chi connectivity index (χ0) is 23.8. The van der Waals surface area contributed by atoms with Crippen LogP contribution in [0.5, 0.6) is 0 Å². The first-order valence-corrected chi connectivity index (χ1v) is 9.93. The maximum Gasteiger partial charge on any atom is 0.429 e. The maximum atomic E-state index is 13.2. The Kier molecular flexibility index (Phi) is 5.79. The van der Waals surface area contributed by atoms with Crippen LogP contribution in [0.3, 0.4) is 0 Å². The molecule has 10 heteroatoms. The second-order valence-corrected chi connectivity index (χ2v) is 7.82. The van der Waals surface area contributed by atoms with E-state index in [2.05, 4.69) is 10.3 Å². The first-order chi connectivity index (χ1) is 15.6. The molecule has 6 nitrogen and oxygen atoms in total. The number of amides is 1. The molecule has 33 heavy (non-hydrogen) atoms. The van der Waals surface area contributed by atoms with Crippen LogP contribution in [0.2, 0.25) is 0 Å². The van der Waals surface area contributed by atoms with Gasteiger partial charge < -0.3 is 15.2 Å². The molecule has 0 radical (unpaired) electrons. The molecule has 0 aromatic heterocycles. The fraction of sp³-hybridized carbons (Fsp3) is 0.261. The summed E-state index contributed by atoms with van der Waals surface area (Å²) in [6.07, 6.45) is -4.49. The number of nitrogens with one attached hydrogen (secondary N) is 1. The minimum atomic E-state index is -4.76. The van der Waals surface area contributed by atoms with Crippen LogP contribution in [0.1, 0.15) is 23.5 Å². The number of hydrogen-bond acceptors (Lipinski definition) is 4. The summed E-state index contributed by atoms with van der Waals surface area (Å²) in [5.41, 5.74) is -2.05. The van der Waals surface area contributed by atoms with Crippen LogP contribution in [-0.4, -0.2) is 41.6 Å². The Hall–Kier alpha value is -3.53. The summed E-state index contributed by atoms with van der Waals surface area (Å²) >= 11 is 0. The second-order valence-electron chi connectivity index (χ2n) is 7.82. The van der Waals surface area contributed by atoms with Gasteiger partial charge in [-0.05, 0) is 41.5 Å². The van der Waals surface area contributed by atoms with Gasteiger partial charge in [0.1, 0.15) is 23.0 Å². The molecule has 172 valence electrons. The Bertz CT molecular complexity index is 1140. The third kappa shape index (κ3) is 4.38. The van der Waals surface area contributed by atoms with Gasteiger partial charge in [0.25, 0.3) is 5.91 Å². The average Bonchev–Trinajstić information content (AvgIpc) is 2.74. The number of aliphatic imine (C=N–C) groups is 1. The van der Waals surface area contributed by atoms with Gasteiger partial charge in [0.05, 0.1) is 6.61 Å². The molecule has 2 aromatic rings. The fourth-order valence-corrected chi connectivity index (χ4v) is 3.88. The van der Waals surface area contributed by atoms with E-state index in [-0.39, 0.29) is 12.2 Å². The Morgan fingerprint density at radius 1 is 1.15 bits per heavy atom. The summed E-state index contributed by atoms with van der Waals surface area (Å²) < 4.78 is 58.2. The molecule has 2 aliphatic heterocycles. The highest BCUT2D eigenvalue weighted by Gasteiger charge is 2.48. The molecule has 0 saturated carbocycles. The van der Waals surface area contributed by atoms with Crippen molar-refractivity contribution in [3.8, 4) is 0 Å². The van der Waals surface area contributed by atoms with Gasteiger partial charge in [0, 0.05) is 24.2 Å². The third-order valence-electron chi connectivity index (χ3n) is 5.77. The highest BCUT2D eigenvalue weighted by atomic mass is 19.4. The van der Waals surface area contributed by atoms with Crippen LogP contribution in [-0.2, 0) is 19.7 Å². The molecular weight excluding hydrogens is 444 g/mol. The SMILES string of the molecule is O=C(Nc1ccc(F)cc1)C1OCC1c1cccc(C2(C(=O)O)C=CN=C(C(F)(F)F)C2)c1. The van der Waals surface area contributed by atoms with Crippen LogP contribution >= 0.6 is 0 Å². The summed E-state index contributed by atoms with van der Waals surface area (Å²) in [6.45, 7) is 0.177. The van der Waals surface area contributed by atoms with Crippen molar-refractivity contribution in [1.29, 1.82) is 0 Å². The van der Waals surface area contributed by atoms with Gasteiger partial charge in [-0.1, -0.05) is 24.3 Å². The number of rotatable bonds is 5. The summed E-state index contributed by atoms with van der Waals surface area (Å²) in [7, 11) is 0. The Labute approximate surface area is 185 Å². The number of ether oxygens (including phenoxy) is 1. The number of aliphatic carboxylic acids is 1. The molecule has 2 heterocycles. The standard InChI is InChI=1S/C23H18F4N2O4/c24-15-4-6-16(7-5-15)29-20(30)19-17(12-33-19)13-2-1-3-14(10-13)22(21(31)32)8-9-28-18(11-22)23(25,26)27/h1-10,17,19H,11-12H2,(H,29,30)(H,31,32). The van der Waals surface area contributed by atoms with E-state index in [0.717, 1.165) is 12.3 Å². The van der Waals surface area contributed by atoms with Crippen molar-refractivity contribution in [2.24, 2.45) is 4.99 Å². The van der Waals surface area contributed by atoms with Crippen molar-refractivity contribution in [2.75, 3.05) is 11.9 Å². The third-order valence-corrected chi connectivity index (χ3v) is 5.77. The molecule has 3 unspecified atom stereocenters. The monoisotopic (exact) mass is 462 g/mol. The number of anilines is 1. The van der Waals surface area contributed by atoms with Crippen LogP contribution < -0.4 is 5.32 Å². The van der Waals surface area contributed by atoms with Gasteiger partial charge in [-0.15, -0.1) is 0 Å². The molecule has 0 spiro atoms. The topological polar surface area (TPSA) is 88.0 Å². The van der Waals surface area contributed by atoms with Crippen molar-refractivity contribution < 1.29 is 37.0 Å². The summed E-state index contributed by atoms with van der Waals surface area (Å²) in [6, 6.07) is 11.3. The molecule has 2 aliphatic rings. The first kappa shape index (κ1) is 22.7. The quantitative estimate of drug-likeness (QED) is 0.653. The lowest BCUT2D eigenvalue weighted by Crippen LogP contribution is -2.46. The van der Waals surface area contributed by atoms with E-state index in [0.29, 0.717) is 11.3 Å². The number of carbonyl (C=O) groups is 2. The second kappa shape index (κ2) is 8.43. The van der Waals surface area contributed by atoms with E-state index in [1.165, 1.54) is 42.5 Å². The smallest absolute Gasteiger partial charge is 0.429 e. The van der Waals surface area contributed by atoms with Gasteiger partial charge in [0.2, 0.25) is 0 Å². The lowest BCUT2D eigenvalue weighted by atomic mass is 9.73. The Morgan fingerprint density at radius 2 is 1.88 bits per heavy atom. The van der Waals surface area contributed by atoms with Gasteiger partial charge in [-0.25, -0.2) is 4.39 Å². The van der Waals surface area contributed by atoms with E-state index in [9.17, 15) is 32.3 Å². The number of halogens is 4. The number of carboxylic acid groups (broad SMARTS) is 1. The van der Waals surface area contributed by atoms with Gasteiger partial charge in [-0.2, -0.15) is 13.2 Å². The summed E-state index contributed by atoms with van der Waals surface area (Å²) in [4.78, 5) is 28.0. The number of alkyl halides is 3. The fourth-order valence-electron chi connectivity index (χ4n) is 3.88. The lowest BCUT2D eigenvalue weighted by Gasteiger charge is -2.37. The van der Waals surface area contributed by atoms with E-state index >= 15 is 0 Å². The zero-order valence-corrected chi connectivity index (χ0v) is 17.0. The molecular formula is C23H18F4N2O4. The summed E-state index contributed by atoms with van der Waals surface area (Å²) in [5, 5.41) is 12.5. The predicted molar refractivity (Wildman–Crippen MR) is 111 cm³/mol. The van der Waals surface area contributed by atoms with E-state index < -0.39 is 53.4 Å². The number of carboxylic acids is 1. The minimum Gasteiger partial charge on any atom is -0.480 e. The lowest BCUT2D eigenvalue weighted by molar-refractivity contribution is -0.144. The van der Waals surface area contributed by atoms with Crippen molar-refractivity contribution in [3.63, 3.8) is 0 Å². The van der Waals surface area contributed by atoms with Gasteiger partial charge in [-0.3, -0.25) is 14.6 Å². The molecule has 2 aromatic carbocycles. The molecule has 0 bridgehead atoms. The normalized spacial score (nSPS) is 24.5. The van der Waals surface area contributed by atoms with Crippen molar-refractivity contribution in [3.05, 3.63) is 77.8 Å². The van der Waals surface area contributed by atoms with Crippen molar-refractivity contribution in [1.82, 2.24) is 0 Å². The number of nitrogens with zero attached hydrogens (tertiary/aromatic N) is 1. The molecule has 1 saturated heterocycles. The minimum absolute atomic E-state index is 0.144. The molecule has 1 amide bonds. The number of benzene rings is 2. The molecule has 3 atom stereocenters.